The van der Waals surface area contributed by atoms with Crippen LogP contribution in [-0.2, 0) is 4.79 Å². The second kappa shape index (κ2) is 6.35. The van der Waals surface area contributed by atoms with Crippen LogP contribution >= 0.6 is 0 Å². The number of carbonyl (C=O) groups is 1. The van der Waals surface area contributed by atoms with Crippen LogP contribution in [0.3, 0.4) is 0 Å². The molecule has 98 valence electrons. The van der Waals surface area contributed by atoms with Gasteiger partial charge in [0.15, 0.2) is 0 Å². The van der Waals surface area contributed by atoms with E-state index < -0.39 is 0 Å². The molecule has 1 aliphatic heterocycles. The Morgan fingerprint density at radius 3 is 2.56 bits per heavy atom. The summed E-state index contributed by atoms with van der Waals surface area (Å²) < 4.78 is 0. The highest BCUT2D eigenvalue weighted by atomic mass is 16.1. The van der Waals surface area contributed by atoms with Crippen molar-refractivity contribution in [2.75, 3.05) is 44.2 Å². The van der Waals surface area contributed by atoms with E-state index in [1.807, 2.05) is 24.5 Å². The summed E-state index contributed by atoms with van der Waals surface area (Å²) in [5, 5.41) is 2.83. The van der Waals surface area contributed by atoms with E-state index in [4.69, 9.17) is 0 Å². The molecule has 0 bridgehead atoms. The summed E-state index contributed by atoms with van der Waals surface area (Å²) in [5.74, 6) is 0.0467. The molecule has 5 heteroatoms. The Labute approximate surface area is 108 Å². The zero-order chi connectivity index (χ0) is 12.8. The van der Waals surface area contributed by atoms with Gasteiger partial charge in [0.1, 0.15) is 0 Å². The van der Waals surface area contributed by atoms with Crippen molar-refractivity contribution in [3.05, 3.63) is 24.5 Å². The predicted molar refractivity (Wildman–Crippen MR) is 71.6 cm³/mol. The zero-order valence-corrected chi connectivity index (χ0v) is 10.8. The normalized spacial score (nSPS) is 16.6. The molecule has 2 rings (SSSR count). The maximum atomic E-state index is 10.8. The van der Waals surface area contributed by atoms with Crippen LogP contribution in [-0.4, -0.2) is 55.1 Å². The fraction of sp³-hybridized carbons (Fsp3) is 0.538. The first kappa shape index (κ1) is 12.8. The number of pyridine rings is 1. The molecule has 0 unspecified atom stereocenters. The van der Waals surface area contributed by atoms with E-state index >= 15 is 0 Å². The highest BCUT2D eigenvalue weighted by Gasteiger charge is 2.16. The second-order valence-electron chi connectivity index (χ2n) is 4.52. The number of rotatable bonds is 4. The number of anilines is 1. The monoisotopic (exact) mass is 248 g/mol. The fourth-order valence-corrected chi connectivity index (χ4v) is 2.17. The van der Waals surface area contributed by atoms with Gasteiger partial charge in [0.05, 0.1) is 0 Å². The molecule has 1 saturated heterocycles. The lowest BCUT2D eigenvalue weighted by molar-refractivity contribution is -0.119. The van der Waals surface area contributed by atoms with Gasteiger partial charge in [-0.2, -0.15) is 0 Å². The van der Waals surface area contributed by atoms with Crippen molar-refractivity contribution in [3.63, 3.8) is 0 Å². The molecule has 0 atom stereocenters. The van der Waals surface area contributed by atoms with Crippen LogP contribution in [0.4, 0.5) is 5.69 Å². The van der Waals surface area contributed by atoms with Crippen LogP contribution in [0.25, 0.3) is 0 Å². The Morgan fingerprint density at radius 2 is 1.94 bits per heavy atom. The van der Waals surface area contributed by atoms with Crippen LogP contribution in [0.5, 0.6) is 0 Å². The van der Waals surface area contributed by atoms with E-state index in [1.54, 1.807) is 6.92 Å². The molecule has 1 fully saturated rings. The minimum absolute atomic E-state index is 0.0467. The molecule has 1 aliphatic rings. The van der Waals surface area contributed by atoms with Gasteiger partial charge in [-0.15, -0.1) is 0 Å². The van der Waals surface area contributed by atoms with Crippen LogP contribution in [0.1, 0.15) is 6.92 Å². The molecule has 0 aliphatic carbocycles. The molecule has 1 aromatic rings. The molecule has 18 heavy (non-hydrogen) atoms. The first-order valence-corrected chi connectivity index (χ1v) is 6.37. The number of piperazine rings is 1. The van der Waals surface area contributed by atoms with Crippen molar-refractivity contribution in [2.24, 2.45) is 0 Å². The molecule has 2 heterocycles. The standard InChI is InChI=1S/C13H20N4O/c1-12(18)15-6-7-16-8-10-17(11-9-16)13-2-4-14-5-3-13/h2-5H,6-11H2,1H3,(H,15,18). The average molecular weight is 248 g/mol. The molecular formula is C13H20N4O. The zero-order valence-electron chi connectivity index (χ0n) is 10.8. The highest BCUT2D eigenvalue weighted by molar-refractivity contribution is 5.72. The van der Waals surface area contributed by atoms with Crippen LogP contribution < -0.4 is 10.2 Å². The molecule has 0 radical (unpaired) electrons. The minimum Gasteiger partial charge on any atom is -0.369 e. The van der Waals surface area contributed by atoms with E-state index in [-0.39, 0.29) is 5.91 Å². The van der Waals surface area contributed by atoms with Crippen molar-refractivity contribution in [1.29, 1.82) is 0 Å². The van der Waals surface area contributed by atoms with Crippen molar-refractivity contribution in [2.45, 2.75) is 6.92 Å². The SMILES string of the molecule is CC(=O)NCCN1CCN(c2ccncc2)CC1. The third-order valence-corrected chi connectivity index (χ3v) is 3.20. The lowest BCUT2D eigenvalue weighted by atomic mass is 10.2. The summed E-state index contributed by atoms with van der Waals surface area (Å²) in [6, 6.07) is 4.10. The summed E-state index contributed by atoms with van der Waals surface area (Å²) >= 11 is 0. The fourth-order valence-electron chi connectivity index (χ4n) is 2.17. The van der Waals surface area contributed by atoms with E-state index in [1.165, 1.54) is 5.69 Å². The van der Waals surface area contributed by atoms with Crippen molar-refractivity contribution in [3.8, 4) is 0 Å². The third-order valence-electron chi connectivity index (χ3n) is 3.20. The summed E-state index contributed by atoms with van der Waals surface area (Å²) in [7, 11) is 0. The molecular weight excluding hydrogens is 228 g/mol. The van der Waals surface area contributed by atoms with Gasteiger partial charge in [0.25, 0.3) is 0 Å². The Bertz CT molecular complexity index is 374. The topological polar surface area (TPSA) is 48.5 Å². The van der Waals surface area contributed by atoms with Crippen molar-refractivity contribution >= 4 is 11.6 Å². The predicted octanol–water partition coefficient (Wildman–Crippen LogP) is 0.340. The van der Waals surface area contributed by atoms with Gasteiger partial charge in [0.2, 0.25) is 5.91 Å². The number of hydrogen-bond donors (Lipinski definition) is 1. The highest BCUT2D eigenvalue weighted by Crippen LogP contribution is 2.14. The third kappa shape index (κ3) is 3.70. The van der Waals surface area contributed by atoms with E-state index in [2.05, 4.69) is 20.1 Å². The van der Waals surface area contributed by atoms with Gasteiger partial charge in [0, 0.05) is 64.3 Å². The molecule has 0 spiro atoms. The summed E-state index contributed by atoms with van der Waals surface area (Å²) in [6.07, 6.45) is 3.66. The maximum Gasteiger partial charge on any atom is 0.216 e. The van der Waals surface area contributed by atoms with Gasteiger partial charge in [-0.25, -0.2) is 0 Å². The van der Waals surface area contributed by atoms with Gasteiger partial charge in [-0.3, -0.25) is 14.7 Å². The summed E-state index contributed by atoms with van der Waals surface area (Å²) in [4.78, 5) is 19.6. The first-order chi connectivity index (χ1) is 8.75. The molecule has 0 aromatic carbocycles. The second-order valence-corrected chi connectivity index (χ2v) is 4.52. The van der Waals surface area contributed by atoms with Crippen LogP contribution in [0.2, 0.25) is 0 Å². The van der Waals surface area contributed by atoms with Gasteiger partial charge in [-0.1, -0.05) is 0 Å². The Hall–Kier alpha value is -1.62. The van der Waals surface area contributed by atoms with Gasteiger partial charge >= 0.3 is 0 Å². The van der Waals surface area contributed by atoms with E-state index in [0.717, 1.165) is 39.3 Å². The van der Waals surface area contributed by atoms with E-state index in [9.17, 15) is 4.79 Å². The van der Waals surface area contributed by atoms with Gasteiger partial charge < -0.3 is 10.2 Å². The smallest absolute Gasteiger partial charge is 0.216 e. The quantitative estimate of drug-likeness (QED) is 0.835. The molecule has 5 nitrogen and oxygen atoms in total. The number of amides is 1. The summed E-state index contributed by atoms with van der Waals surface area (Å²) in [5.41, 5.74) is 1.24. The maximum absolute atomic E-state index is 10.8. The van der Waals surface area contributed by atoms with Crippen LogP contribution in [0, 0.1) is 0 Å². The lowest BCUT2D eigenvalue weighted by Crippen LogP contribution is -2.48. The molecule has 1 amide bonds. The Morgan fingerprint density at radius 1 is 1.28 bits per heavy atom. The molecule has 0 saturated carbocycles. The van der Waals surface area contributed by atoms with Gasteiger partial charge in [-0.05, 0) is 12.1 Å². The summed E-state index contributed by atoms with van der Waals surface area (Å²) in [6.45, 7) is 7.38. The Balaban J connectivity index is 1.73. The largest absolute Gasteiger partial charge is 0.369 e. The van der Waals surface area contributed by atoms with Crippen molar-refractivity contribution < 1.29 is 4.79 Å². The number of hydrogen-bond acceptors (Lipinski definition) is 4. The number of aromatic nitrogens is 1. The Kier molecular flexibility index (Phi) is 4.52. The number of carbonyl (C=O) groups excluding carboxylic acids is 1. The lowest BCUT2D eigenvalue weighted by Gasteiger charge is -2.36. The average Bonchev–Trinajstić information content (AvgIpc) is 2.40. The minimum atomic E-state index is 0.0467. The van der Waals surface area contributed by atoms with Crippen molar-refractivity contribution in [1.82, 2.24) is 15.2 Å². The number of nitrogens with one attached hydrogen (secondary N) is 1. The molecule has 1 aromatic heterocycles. The molecule has 1 N–H and O–H groups in total. The van der Waals surface area contributed by atoms with E-state index in [0.29, 0.717) is 0 Å². The number of nitrogens with zero attached hydrogens (tertiary/aromatic N) is 3. The first-order valence-electron chi connectivity index (χ1n) is 6.37. The van der Waals surface area contributed by atoms with Crippen LogP contribution in [0.15, 0.2) is 24.5 Å².